The highest BCUT2D eigenvalue weighted by Gasteiger charge is 2.11. The van der Waals surface area contributed by atoms with Gasteiger partial charge in [0, 0.05) is 0 Å². The van der Waals surface area contributed by atoms with Crippen molar-refractivity contribution in [2.75, 3.05) is 19.7 Å². The van der Waals surface area contributed by atoms with E-state index in [9.17, 15) is 9.90 Å². The quantitative estimate of drug-likeness (QED) is 0.466. The number of hydrogen-bond donors (Lipinski definition) is 3. The van der Waals surface area contributed by atoms with E-state index in [1.807, 2.05) is 30.3 Å². The third-order valence-electron chi connectivity index (χ3n) is 2.42. The molecule has 0 unspecified atom stereocenters. The van der Waals surface area contributed by atoms with Gasteiger partial charge < -0.3 is 10.4 Å². The molecule has 0 fully saturated rings. The minimum absolute atomic E-state index is 0.0875. The highest BCUT2D eigenvalue weighted by molar-refractivity contribution is 5.78. The van der Waals surface area contributed by atoms with Crippen LogP contribution in [0.25, 0.3) is 0 Å². The largest absolute Gasteiger partial charge is 0.394 e. The Bertz CT molecular complexity index is 398. The molecule has 0 spiro atoms. The molecule has 0 radical (unpaired) electrons. The normalized spacial score (nSPS) is 11.6. The third kappa shape index (κ3) is 5.48. The van der Waals surface area contributed by atoms with Crippen molar-refractivity contribution < 1.29 is 9.90 Å². The molecule has 0 aromatic heterocycles. The molecule has 0 aliphatic rings. The molecule has 0 bridgehead atoms. The molecule has 4 heteroatoms. The number of aliphatic hydroxyl groups excluding tert-OH is 1. The van der Waals surface area contributed by atoms with E-state index in [4.69, 9.17) is 6.42 Å². The summed E-state index contributed by atoms with van der Waals surface area (Å²) in [6, 6.07) is 9.45. The van der Waals surface area contributed by atoms with Crippen molar-refractivity contribution in [2.24, 2.45) is 0 Å². The Morgan fingerprint density at radius 1 is 1.39 bits per heavy atom. The monoisotopic (exact) mass is 246 g/mol. The lowest BCUT2D eigenvalue weighted by Gasteiger charge is -2.16. The van der Waals surface area contributed by atoms with Gasteiger partial charge in [-0.05, 0) is 12.0 Å². The summed E-state index contributed by atoms with van der Waals surface area (Å²) >= 11 is 0. The molecule has 0 aliphatic heterocycles. The zero-order valence-corrected chi connectivity index (χ0v) is 10.2. The average Bonchev–Trinajstić information content (AvgIpc) is 2.39. The van der Waals surface area contributed by atoms with Crippen LogP contribution >= 0.6 is 0 Å². The second-order valence-electron chi connectivity index (χ2n) is 3.94. The van der Waals surface area contributed by atoms with Crippen LogP contribution in [0.2, 0.25) is 0 Å². The van der Waals surface area contributed by atoms with Crippen molar-refractivity contribution in [1.82, 2.24) is 10.6 Å². The fourth-order valence-corrected chi connectivity index (χ4v) is 1.59. The highest BCUT2D eigenvalue weighted by atomic mass is 16.3. The first-order valence-electron chi connectivity index (χ1n) is 5.84. The molecule has 1 aromatic carbocycles. The van der Waals surface area contributed by atoms with Crippen LogP contribution in [0.4, 0.5) is 0 Å². The maximum atomic E-state index is 11.5. The van der Waals surface area contributed by atoms with Crippen LogP contribution in [0.15, 0.2) is 30.3 Å². The SMILES string of the molecule is C#CCNCC(=O)N[C@@H](CO)Cc1ccccc1. The minimum atomic E-state index is -0.271. The minimum Gasteiger partial charge on any atom is -0.394 e. The maximum absolute atomic E-state index is 11.5. The molecule has 0 saturated heterocycles. The number of aliphatic hydroxyl groups is 1. The zero-order valence-electron chi connectivity index (χ0n) is 10.2. The van der Waals surface area contributed by atoms with Crippen molar-refractivity contribution in [2.45, 2.75) is 12.5 Å². The number of carbonyl (C=O) groups excluding carboxylic acids is 1. The van der Waals surface area contributed by atoms with Crippen LogP contribution in [-0.2, 0) is 11.2 Å². The van der Waals surface area contributed by atoms with Gasteiger partial charge in [-0.25, -0.2) is 0 Å². The van der Waals surface area contributed by atoms with E-state index in [0.29, 0.717) is 13.0 Å². The summed E-state index contributed by atoms with van der Waals surface area (Å²) in [6.07, 6.45) is 5.67. The molecule has 1 amide bonds. The van der Waals surface area contributed by atoms with Crippen LogP contribution in [0.5, 0.6) is 0 Å². The Labute approximate surface area is 107 Å². The van der Waals surface area contributed by atoms with Gasteiger partial charge in [0.25, 0.3) is 0 Å². The summed E-state index contributed by atoms with van der Waals surface area (Å²) in [5.41, 5.74) is 1.08. The number of terminal acetylenes is 1. The molecule has 1 aromatic rings. The second-order valence-corrected chi connectivity index (χ2v) is 3.94. The molecule has 1 atom stereocenters. The number of nitrogens with one attached hydrogen (secondary N) is 2. The maximum Gasteiger partial charge on any atom is 0.234 e. The van der Waals surface area contributed by atoms with Crippen LogP contribution in [0, 0.1) is 12.3 Å². The number of hydrogen-bond acceptors (Lipinski definition) is 3. The first kappa shape index (κ1) is 14.2. The van der Waals surface area contributed by atoms with Crippen molar-refractivity contribution in [3.05, 3.63) is 35.9 Å². The summed E-state index contributed by atoms with van der Waals surface area (Å²) in [5, 5.41) is 14.8. The topological polar surface area (TPSA) is 61.4 Å². The van der Waals surface area contributed by atoms with Crippen molar-refractivity contribution >= 4 is 5.91 Å². The van der Waals surface area contributed by atoms with Gasteiger partial charge >= 0.3 is 0 Å². The summed E-state index contributed by atoms with van der Waals surface area (Å²) in [5.74, 6) is 2.22. The Kier molecular flexibility index (Phi) is 6.55. The summed E-state index contributed by atoms with van der Waals surface area (Å²) < 4.78 is 0. The lowest BCUT2D eigenvalue weighted by atomic mass is 10.1. The Balaban J connectivity index is 2.38. The third-order valence-corrected chi connectivity index (χ3v) is 2.42. The van der Waals surface area contributed by atoms with Crippen LogP contribution in [-0.4, -0.2) is 36.8 Å². The lowest BCUT2D eigenvalue weighted by molar-refractivity contribution is -0.121. The zero-order chi connectivity index (χ0) is 13.2. The van der Waals surface area contributed by atoms with Gasteiger partial charge in [-0.3, -0.25) is 10.1 Å². The Morgan fingerprint density at radius 2 is 2.11 bits per heavy atom. The van der Waals surface area contributed by atoms with Gasteiger partial charge in [-0.2, -0.15) is 0 Å². The van der Waals surface area contributed by atoms with E-state index in [1.54, 1.807) is 0 Å². The number of carbonyl (C=O) groups is 1. The van der Waals surface area contributed by atoms with Crippen LogP contribution in [0.3, 0.4) is 0 Å². The van der Waals surface area contributed by atoms with E-state index in [2.05, 4.69) is 16.6 Å². The first-order valence-corrected chi connectivity index (χ1v) is 5.84. The molecule has 0 heterocycles. The number of rotatable bonds is 7. The highest BCUT2D eigenvalue weighted by Crippen LogP contribution is 2.02. The lowest BCUT2D eigenvalue weighted by Crippen LogP contribution is -2.43. The summed E-state index contributed by atoms with van der Waals surface area (Å²) in [6.45, 7) is 0.432. The van der Waals surface area contributed by atoms with Gasteiger partial charge in [0.2, 0.25) is 5.91 Å². The van der Waals surface area contributed by atoms with E-state index >= 15 is 0 Å². The first-order chi connectivity index (χ1) is 8.76. The summed E-state index contributed by atoms with van der Waals surface area (Å²) in [4.78, 5) is 11.5. The predicted molar refractivity (Wildman–Crippen MR) is 70.9 cm³/mol. The average molecular weight is 246 g/mol. The van der Waals surface area contributed by atoms with Crippen LogP contribution in [0.1, 0.15) is 5.56 Å². The summed E-state index contributed by atoms with van der Waals surface area (Å²) in [7, 11) is 0. The molecule has 3 N–H and O–H groups in total. The van der Waals surface area contributed by atoms with Gasteiger partial charge in [-0.1, -0.05) is 36.3 Å². The molecule has 18 heavy (non-hydrogen) atoms. The molecule has 96 valence electrons. The molecule has 1 rings (SSSR count). The van der Waals surface area contributed by atoms with Crippen molar-refractivity contribution in [3.8, 4) is 12.3 Å². The number of benzene rings is 1. The van der Waals surface area contributed by atoms with Crippen LogP contribution < -0.4 is 10.6 Å². The molecule has 0 saturated carbocycles. The smallest absolute Gasteiger partial charge is 0.234 e. The number of amides is 1. The van der Waals surface area contributed by atoms with Gasteiger partial charge in [0.1, 0.15) is 0 Å². The second kappa shape index (κ2) is 8.29. The van der Waals surface area contributed by atoms with Crippen molar-refractivity contribution in [1.29, 1.82) is 0 Å². The fraction of sp³-hybridized carbons (Fsp3) is 0.357. The Hall–Kier alpha value is -1.83. The van der Waals surface area contributed by atoms with Gasteiger partial charge in [0.15, 0.2) is 0 Å². The molecular weight excluding hydrogens is 228 g/mol. The molecular formula is C14H18N2O2. The van der Waals surface area contributed by atoms with Crippen molar-refractivity contribution in [3.63, 3.8) is 0 Å². The van der Waals surface area contributed by atoms with E-state index < -0.39 is 0 Å². The van der Waals surface area contributed by atoms with Gasteiger partial charge in [0.05, 0.1) is 25.7 Å². The van der Waals surface area contributed by atoms with E-state index in [0.717, 1.165) is 5.56 Å². The van der Waals surface area contributed by atoms with Gasteiger partial charge in [-0.15, -0.1) is 6.42 Å². The molecule has 4 nitrogen and oxygen atoms in total. The fourth-order valence-electron chi connectivity index (χ4n) is 1.59. The van der Waals surface area contributed by atoms with E-state index in [-0.39, 0.29) is 25.1 Å². The van der Waals surface area contributed by atoms with E-state index in [1.165, 1.54) is 0 Å². The standard InChI is InChI=1S/C14H18N2O2/c1-2-8-15-10-14(18)16-13(11-17)9-12-6-4-3-5-7-12/h1,3-7,13,15,17H,8-11H2,(H,16,18)/t13-/m1/s1. The predicted octanol–water partition coefficient (Wildman–Crippen LogP) is -0.0710. The molecule has 0 aliphatic carbocycles. The Morgan fingerprint density at radius 3 is 2.72 bits per heavy atom.